The van der Waals surface area contributed by atoms with Crippen LogP contribution in [0.25, 0.3) is 0 Å². The molecule has 1 N–H and O–H groups in total. The minimum absolute atomic E-state index is 0.0429. The number of amides is 1. The number of hydrogen-bond donors (Lipinski definition) is 1. The zero-order chi connectivity index (χ0) is 23.5. The monoisotopic (exact) mass is 447 g/mol. The van der Waals surface area contributed by atoms with Gasteiger partial charge >= 0.3 is 5.97 Å². The summed E-state index contributed by atoms with van der Waals surface area (Å²) in [7, 11) is 0. The fraction of sp³-hybridized carbons (Fsp3) is 0.852. The molecule has 0 spiro atoms. The van der Waals surface area contributed by atoms with E-state index in [4.69, 9.17) is 4.74 Å². The van der Waals surface area contributed by atoms with Gasteiger partial charge in [-0.05, 0) is 61.9 Å². The van der Waals surface area contributed by atoms with Crippen LogP contribution in [0.2, 0.25) is 0 Å². The molecule has 0 bridgehead atoms. The third-order valence-corrected chi connectivity index (χ3v) is 8.69. The highest BCUT2D eigenvalue weighted by Crippen LogP contribution is 2.51. The zero-order valence-electron chi connectivity index (χ0n) is 20.9. The minimum atomic E-state index is -0.861. The molecule has 0 aliphatic heterocycles. The van der Waals surface area contributed by atoms with Crippen molar-refractivity contribution in [2.45, 2.75) is 104 Å². The van der Waals surface area contributed by atoms with Gasteiger partial charge in [-0.15, -0.1) is 0 Å². The number of aliphatic hydroxyl groups is 1. The van der Waals surface area contributed by atoms with Crippen molar-refractivity contribution in [3.63, 3.8) is 0 Å². The summed E-state index contributed by atoms with van der Waals surface area (Å²) in [5.41, 5.74) is 0.185. The molecular formula is C27H45NO4. The molecule has 0 heterocycles. The second-order valence-corrected chi connectivity index (χ2v) is 11.0. The van der Waals surface area contributed by atoms with Crippen LogP contribution in [0.1, 0.15) is 92.4 Å². The summed E-state index contributed by atoms with van der Waals surface area (Å²) >= 11 is 0. The van der Waals surface area contributed by atoms with E-state index in [1.165, 1.54) is 39.0 Å². The average Bonchev–Trinajstić information content (AvgIpc) is 2.75. The second kappa shape index (κ2) is 10.7. The molecule has 182 valence electrons. The topological polar surface area (TPSA) is 66.8 Å². The smallest absolute Gasteiger partial charge is 0.303 e. The standard InChI is InChI=1S/C27H45NO4/c1-6-26(30)28(17-22-10-8-7-9-11-22)16-19(3)23-13-12-20(4)27(31)15-25(32-21(5)29)18(2)14-24(23)27/h14,19-20,22-25,31H,6-13,15-17H2,1-5H3/t19?,20-,23+,24-,25-,27-/m1/s1. The Morgan fingerprint density at radius 2 is 1.91 bits per heavy atom. The number of rotatable bonds is 7. The predicted octanol–water partition coefficient (Wildman–Crippen LogP) is 5.12. The van der Waals surface area contributed by atoms with Crippen molar-refractivity contribution < 1.29 is 19.4 Å². The van der Waals surface area contributed by atoms with E-state index >= 15 is 0 Å². The van der Waals surface area contributed by atoms with Crippen molar-refractivity contribution in [3.8, 4) is 0 Å². The van der Waals surface area contributed by atoms with Crippen LogP contribution < -0.4 is 0 Å². The lowest BCUT2D eigenvalue weighted by Gasteiger charge is -2.53. The number of esters is 1. The minimum Gasteiger partial charge on any atom is -0.458 e. The van der Waals surface area contributed by atoms with Crippen LogP contribution in [0.3, 0.4) is 0 Å². The van der Waals surface area contributed by atoms with Crippen molar-refractivity contribution in [2.75, 3.05) is 13.1 Å². The van der Waals surface area contributed by atoms with E-state index < -0.39 is 5.60 Å². The average molecular weight is 448 g/mol. The van der Waals surface area contributed by atoms with E-state index in [9.17, 15) is 14.7 Å². The molecule has 0 aromatic rings. The number of hydrogen-bond acceptors (Lipinski definition) is 4. The lowest BCUT2D eigenvalue weighted by molar-refractivity contribution is -0.159. The highest BCUT2D eigenvalue weighted by Gasteiger charge is 2.52. The maximum Gasteiger partial charge on any atom is 0.303 e. The summed E-state index contributed by atoms with van der Waals surface area (Å²) in [6, 6.07) is 0. The van der Waals surface area contributed by atoms with E-state index in [1.54, 1.807) is 0 Å². The molecule has 5 nitrogen and oxygen atoms in total. The second-order valence-electron chi connectivity index (χ2n) is 11.0. The van der Waals surface area contributed by atoms with Crippen molar-refractivity contribution in [1.82, 2.24) is 4.90 Å². The summed E-state index contributed by atoms with van der Waals surface area (Å²) in [6.45, 7) is 11.5. The van der Waals surface area contributed by atoms with Gasteiger partial charge in [0.25, 0.3) is 0 Å². The molecule has 0 saturated heterocycles. The molecule has 32 heavy (non-hydrogen) atoms. The molecular weight excluding hydrogens is 402 g/mol. The van der Waals surface area contributed by atoms with Gasteiger partial charge in [0, 0.05) is 38.8 Å². The summed E-state index contributed by atoms with van der Waals surface area (Å²) in [4.78, 5) is 26.5. The lowest BCUT2D eigenvalue weighted by Crippen LogP contribution is -2.56. The maximum atomic E-state index is 12.8. The molecule has 3 aliphatic carbocycles. The van der Waals surface area contributed by atoms with Gasteiger partial charge < -0.3 is 14.7 Å². The summed E-state index contributed by atoms with van der Waals surface area (Å²) in [5.74, 6) is 1.43. The highest BCUT2D eigenvalue weighted by atomic mass is 16.5. The Balaban J connectivity index is 1.76. The van der Waals surface area contributed by atoms with E-state index in [-0.39, 0.29) is 29.8 Å². The lowest BCUT2D eigenvalue weighted by atomic mass is 9.57. The first kappa shape index (κ1) is 25.3. The number of nitrogens with zero attached hydrogens (tertiary/aromatic N) is 1. The first-order chi connectivity index (χ1) is 15.2. The third kappa shape index (κ3) is 5.58. The van der Waals surface area contributed by atoms with Crippen LogP contribution in [-0.2, 0) is 14.3 Å². The van der Waals surface area contributed by atoms with Crippen molar-refractivity contribution in [2.24, 2.45) is 29.6 Å². The third-order valence-electron chi connectivity index (χ3n) is 8.69. The van der Waals surface area contributed by atoms with Crippen molar-refractivity contribution in [3.05, 3.63) is 11.6 Å². The first-order valence-corrected chi connectivity index (χ1v) is 13.0. The molecule has 2 fully saturated rings. The van der Waals surface area contributed by atoms with Gasteiger partial charge in [0.1, 0.15) is 6.10 Å². The number of carbonyl (C=O) groups is 2. The van der Waals surface area contributed by atoms with Gasteiger partial charge in [-0.2, -0.15) is 0 Å². The number of carbonyl (C=O) groups excluding carboxylic acids is 2. The Morgan fingerprint density at radius 1 is 1.22 bits per heavy atom. The van der Waals surface area contributed by atoms with Crippen LogP contribution in [0.15, 0.2) is 11.6 Å². The van der Waals surface area contributed by atoms with Crippen LogP contribution in [0.4, 0.5) is 0 Å². The largest absolute Gasteiger partial charge is 0.458 e. The Kier molecular flexibility index (Phi) is 8.46. The molecule has 1 unspecified atom stereocenters. The molecule has 0 aromatic heterocycles. The molecule has 5 heteroatoms. The summed E-state index contributed by atoms with van der Waals surface area (Å²) in [6.07, 6.45) is 11.3. The van der Waals surface area contributed by atoms with Gasteiger partial charge in [0.2, 0.25) is 5.91 Å². The number of fused-ring (bicyclic) bond motifs is 1. The van der Waals surface area contributed by atoms with Gasteiger partial charge in [0.15, 0.2) is 0 Å². The van der Waals surface area contributed by atoms with E-state index in [0.717, 1.165) is 31.5 Å². The molecule has 0 aromatic carbocycles. The molecule has 1 amide bonds. The first-order valence-electron chi connectivity index (χ1n) is 13.0. The van der Waals surface area contributed by atoms with Crippen LogP contribution in [0, 0.1) is 29.6 Å². The summed E-state index contributed by atoms with van der Waals surface area (Å²) in [5, 5.41) is 11.8. The predicted molar refractivity (Wildman–Crippen MR) is 127 cm³/mol. The molecule has 3 aliphatic rings. The normalized spacial score (nSPS) is 34.2. The highest BCUT2D eigenvalue weighted by molar-refractivity contribution is 5.75. The Morgan fingerprint density at radius 3 is 2.53 bits per heavy atom. The maximum absolute atomic E-state index is 12.8. The van der Waals surface area contributed by atoms with Gasteiger partial charge in [0.05, 0.1) is 5.60 Å². The van der Waals surface area contributed by atoms with Crippen LogP contribution in [0.5, 0.6) is 0 Å². The Labute approximate surface area is 195 Å². The van der Waals surface area contributed by atoms with Gasteiger partial charge in [-0.3, -0.25) is 9.59 Å². The zero-order valence-corrected chi connectivity index (χ0v) is 20.9. The number of ether oxygens (including phenoxy) is 1. The fourth-order valence-electron chi connectivity index (χ4n) is 6.66. The van der Waals surface area contributed by atoms with Crippen molar-refractivity contribution >= 4 is 11.9 Å². The van der Waals surface area contributed by atoms with E-state index in [2.05, 4.69) is 24.8 Å². The van der Waals surface area contributed by atoms with E-state index in [1.807, 2.05) is 13.8 Å². The Hall–Kier alpha value is -1.36. The van der Waals surface area contributed by atoms with Gasteiger partial charge in [-0.25, -0.2) is 0 Å². The van der Waals surface area contributed by atoms with Crippen molar-refractivity contribution in [1.29, 1.82) is 0 Å². The molecule has 6 atom stereocenters. The van der Waals surface area contributed by atoms with E-state index in [0.29, 0.717) is 30.6 Å². The summed E-state index contributed by atoms with van der Waals surface area (Å²) < 4.78 is 5.54. The quantitative estimate of drug-likeness (QED) is 0.435. The fourth-order valence-corrected chi connectivity index (χ4v) is 6.66. The Bertz CT molecular complexity index is 698. The molecule has 0 radical (unpaired) electrons. The van der Waals surface area contributed by atoms with Crippen LogP contribution in [-0.4, -0.2) is 46.7 Å². The molecule has 3 rings (SSSR count). The van der Waals surface area contributed by atoms with Crippen LogP contribution >= 0.6 is 0 Å². The van der Waals surface area contributed by atoms with Gasteiger partial charge in [-0.1, -0.05) is 46.1 Å². The molecule has 2 saturated carbocycles. The SMILES string of the molecule is CCC(=O)N(CC1CCCCC1)CC(C)[C@@H]1CC[C@@H](C)[C@]2(O)C[C@@H](OC(C)=O)C(C)=C[C@H]12.